The van der Waals surface area contributed by atoms with Gasteiger partial charge in [0.1, 0.15) is 5.88 Å². The zero-order valence-electron chi connectivity index (χ0n) is 15.3. The fourth-order valence-electron chi connectivity index (χ4n) is 2.03. The summed E-state index contributed by atoms with van der Waals surface area (Å²) >= 11 is 5.43. The number of hydrogen-bond acceptors (Lipinski definition) is 4. The minimum atomic E-state index is -0.392. The Morgan fingerprint density at radius 3 is 2.32 bits per heavy atom. The molecule has 6 nitrogen and oxygen atoms in total. The number of amides is 2. The normalized spacial score (nSPS) is 12.6. The second-order valence-corrected chi connectivity index (χ2v) is 4.76. The van der Waals surface area contributed by atoms with E-state index < -0.39 is 5.91 Å². The number of nitrogens with zero attached hydrogens (tertiary/aromatic N) is 2. The van der Waals surface area contributed by atoms with Gasteiger partial charge in [0.2, 0.25) is 5.91 Å². The highest BCUT2D eigenvalue weighted by atomic mass is 35.5. The maximum atomic E-state index is 12.4. The Hall–Kier alpha value is -2.10. The first-order valence-electron chi connectivity index (χ1n) is 8.42. The molecule has 2 rings (SSSR count). The molecule has 0 unspecified atom stereocenters. The molecular weight excluding hydrogens is 342 g/mol. The smallest absolute Gasteiger partial charge is 0.254 e. The summed E-state index contributed by atoms with van der Waals surface area (Å²) in [6.45, 7) is 10.0. The number of alkyl halides is 1. The number of morpholine rings is 1. The van der Waals surface area contributed by atoms with Gasteiger partial charge in [-0.1, -0.05) is 27.7 Å². The van der Waals surface area contributed by atoms with Crippen LogP contribution in [0.3, 0.4) is 0 Å². The highest BCUT2D eigenvalue weighted by molar-refractivity contribution is 6.29. The minimum absolute atomic E-state index is 0.184. The number of nitrogens with one attached hydrogen (secondary N) is 1. The fourth-order valence-corrected chi connectivity index (χ4v) is 2.10. The topological polar surface area (TPSA) is 82.4 Å². The lowest BCUT2D eigenvalue weighted by molar-refractivity contribution is -0.113. The van der Waals surface area contributed by atoms with Crippen molar-refractivity contribution in [3.8, 4) is 6.07 Å². The first-order valence-corrected chi connectivity index (χ1v) is 8.95. The highest BCUT2D eigenvalue weighted by Crippen LogP contribution is 2.17. The number of nitriles is 1. The van der Waals surface area contributed by atoms with Gasteiger partial charge in [-0.2, -0.15) is 5.26 Å². The van der Waals surface area contributed by atoms with Crippen LogP contribution in [-0.4, -0.2) is 48.9 Å². The van der Waals surface area contributed by atoms with Crippen LogP contribution in [0.25, 0.3) is 0 Å². The van der Waals surface area contributed by atoms with Crippen molar-refractivity contribution in [3.05, 3.63) is 29.3 Å². The summed E-state index contributed by atoms with van der Waals surface area (Å²) in [5.41, 5.74) is 1.05. The molecule has 7 heteroatoms. The molecule has 1 aromatic rings. The Morgan fingerprint density at radius 1 is 1.20 bits per heavy atom. The van der Waals surface area contributed by atoms with Crippen LogP contribution < -0.4 is 5.32 Å². The van der Waals surface area contributed by atoms with E-state index in [1.807, 2.05) is 33.8 Å². The molecule has 1 heterocycles. The largest absolute Gasteiger partial charge is 0.378 e. The van der Waals surface area contributed by atoms with Gasteiger partial charge in [-0.25, -0.2) is 0 Å². The monoisotopic (exact) mass is 367 g/mol. The zero-order valence-corrected chi connectivity index (χ0v) is 16.0. The third-order valence-corrected chi connectivity index (χ3v) is 3.26. The maximum absolute atomic E-state index is 12.4. The molecule has 1 aromatic carbocycles. The lowest BCUT2D eigenvalue weighted by Gasteiger charge is -2.27. The van der Waals surface area contributed by atoms with Gasteiger partial charge in [-0.15, -0.1) is 11.6 Å². The number of hydrogen-bond donors (Lipinski definition) is 1. The number of halogens is 1. The molecule has 1 fully saturated rings. The van der Waals surface area contributed by atoms with Crippen molar-refractivity contribution in [1.29, 1.82) is 5.26 Å². The average molecular weight is 368 g/mol. The molecule has 0 bridgehead atoms. The number of carbonyl (C=O) groups excluding carboxylic acids is 2. The van der Waals surface area contributed by atoms with Gasteiger partial charge in [-0.05, 0) is 18.2 Å². The van der Waals surface area contributed by atoms with Gasteiger partial charge in [0.15, 0.2) is 0 Å². The minimum Gasteiger partial charge on any atom is -0.378 e. The molecule has 0 aliphatic carbocycles. The average Bonchev–Trinajstić information content (AvgIpc) is 2.70. The molecule has 1 aliphatic heterocycles. The van der Waals surface area contributed by atoms with Crippen molar-refractivity contribution >= 4 is 29.1 Å². The van der Waals surface area contributed by atoms with E-state index in [2.05, 4.69) is 5.32 Å². The quantitative estimate of drug-likeness (QED) is 0.831. The lowest BCUT2D eigenvalue weighted by Crippen LogP contribution is -2.40. The molecule has 1 saturated heterocycles. The van der Waals surface area contributed by atoms with Crippen molar-refractivity contribution in [3.63, 3.8) is 0 Å². The summed E-state index contributed by atoms with van der Waals surface area (Å²) in [6.07, 6.45) is 0. The Labute approximate surface area is 154 Å². The van der Waals surface area contributed by atoms with Crippen LogP contribution in [0.15, 0.2) is 18.2 Å². The summed E-state index contributed by atoms with van der Waals surface area (Å²) < 4.78 is 5.20. The van der Waals surface area contributed by atoms with Gasteiger partial charge in [0.25, 0.3) is 5.91 Å². The summed E-state index contributed by atoms with van der Waals surface area (Å²) in [5, 5.41) is 11.6. The number of carbonyl (C=O) groups is 2. The molecule has 0 radical (unpaired) electrons. The maximum Gasteiger partial charge on any atom is 0.254 e. The molecule has 0 aromatic heterocycles. The zero-order chi connectivity index (χ0) is 19.2. The number of ether oxygens (including phenoxy) is 1. The van der Waals surface area contributed by atoms with Gasteiger partial charge < -0.3 is 15.0 Å². The summed E-state index contributed by atoms with van der Waals surface area (Å²) in [6, 6.07) is 6.53. The van der Waals surface area contributed by atoms with E-state index >= 15 is 0 Å². The standard InChI is InChI=1S/C14H14ClN3O3.2C2H6/c15-8-13(19)17-12-6-10(9-16)5-11(7-12)14(20)18-1-3-21-4-2-18;2*1-2/h5-7H,1-4,8H2,(H,17,19);2*1-2H3. The second-order valence-electron chi connectivity index (χ2n) is 4.50. The Kier molecular flexibility index (Phi) is 12.1. The van der Waals surface area contributed by atoms with Crippen molar-refractivity contribution in [2.75, 3.05) is 37.5 Å². The van der Waals surface area contributed by atoms with Crippen molar-refractivity contribution in [1.82, 2.24) is 4.90 Å². The molecule has 0 spiro atoms. The van der Waals surface area contributed by atoms with Gasteiger partial charge >= 0.3 is 0 Å². The third kappa shape index (κ3) is 7.55. The van der Waals surface area contributed by atoms with E-state index in [9.17, 15) is 9.59 Å². The van der Waals surface area contributed by atoms with Crippen LogP contribution in [-0.2, 0) is 9.53 Å². The van der Waals surface area contributed by atoms with Crippen LogP contribution in [0.2, 0.25) is 0 Å². The molecule has 2 amide bonds. The Bertz CT molecular complexity index is 594. The lowest BCUT2D eigenvalue weighted by atomic mass is 10.1. The Morgan fingerprint density at radius 2 is 1.80 bits per heavy atom. The summed E-state index contributed by atoms with van der Waals surface area (Å²) in [7, 11) is 0. The van der Waals surface area contributed by atoms with E-state index in [0.29, 0.717) is 43.1 Å². The number of benzene rings is 1. The predicted molar refractivity (Wildman–Crippen MR) is 99.9 cm³/mol. The fraction of sp³-hybridized carbons (Fsp3) is 0.500. The van der Waals surface area contributed by atoms with E-state index in [-0.39, 0.29) is 11.8 Å². The van der Waals surface area contributed by atoms with Crippen LogP contribution in [0.5, 0.6) is 0 Å². The first kappa shape index (κ1) is 22.9. The van der Waals surface area contributed by atoms with E-state index in [0.717, 1.165) is 0 Å². The van der Waals surface area contributed by atoms with E-state index in [4.69, 9.17) is 21.6 Å². The molecule has 1 aliphatic rings. The van der Waals surface area contributed by atoms with Crippen LogP contribution >= 0.6 is 11.6 Å². The SMILES string of the molecule is CC.CC.N#Cc1cc(NC(=O)CCl)cc(C(=O)N2CCOCC2)c1. The molecular formula is C18H26ClN3O3. The first-order chi connectivity index (χ1) is 12.1. The second kappa shape index (κ2) is 13.2. The van der Waals surface area contributed by atoms with Gasteiger partial charge in [-0.3, -0.25) is 9.59 Å². The van der Waals surface area contributed by atoms with Gasteiger partial charge in [0, 0.05) is 24.3 Å². The van der Waals surface area contributed by atoms with Crippen LogP contribution in [0.4, 0.5) is 5.69 Å². The van der Waals surface area contributed by atoms with Crippen molar-refractivity contribution in [2.45, 2.75) is 27.7 Å². The van der Waals surface area contributed by atoms with Crippen LogP contribution in [0.1, 0.15) is 43.6 Å². The van der Waals surface area contributed by atoms with Crippen molar-refractivity contribution < 1.29 is 14.3 Å². The number of rotatable bonds is 3. The third-order valence-electron chi connectivity index (χ3n) is 3.01. The Balaban J connectivity index is 0.00000134. The molecule has 25 heavy (non-hydrogen) atoms. The highest BCUT2D eigenvalue weighted by Gasteiger charge is 2.19. The molecule has 1 N–H and O–H groups in total. The van der Waals surface area contributed by atoms with E-state index in [1.165, 1.54) is 12.1 Å². The van der Waals surface area contributed by atoms with Crippen molar-refractivity contribution in [2.24, 2.45) is 0 Å². The summed E-state index contributed by atoms with van der Waals surface area (Å²) in [5.74, 6) is -0.767. The van der Waals surface area contributed by atoms with E-state index in [1.54, 1.807) is 11.0 Å². The molecule has 138 valence electrons. The molecule has 0 atom stereocenters. The van der Waals surface area contributed by atoms with Crippen LogP contribution in [0, 0.1) is 11.3 Å². The number of anilines is 1. The molecule has 0 saturated carbocycles. The predicted octanol–water partition coefficient (Wildman–Crippen LogP) is 3.26. The summed E-state index contributed by atoms with van der Waals surface area (Å²) in [4.78, 5) is 25.4. The van der Waals surface area contributed by atoms with Gasteiger partial charge in [0.05, 0.1) is 24.8 Å².